The van der Waals surface area contributed by atoms with Gasteiger partial charge in [0.25, 0.3) is 0 Å². The first-order valence-corrected chi connectivity index (χ1v) is 5.59. The molecule has 0 saturated heterocycles. The summed E-state index contributed by atoms with van der Waals surface area (Å²) in [6, 6.07) is 5.84. The maximum Gasteiger partial charge on any atom is 0.221 e. The van der Waals surface area contributed by atoms with Crippen LogP contribution in [0.1, 0.15) is 12.5 Å². The Bertz CT molecular complexity index is 558. The second-order valence-electron chi connectivity index (χ2n) is 3.97. The van der Waals surface area contributed by atoms with E-state index >= 15 is 0 Å². The molecule has 17 heavy (non-hydrogen) atoms. The zero-order valence-corrected chi connectivity index (χ0v) is 10.1. The number of amides is 1. The monoisotopic (exact) mass is 232 g/mol. The second kappa shape index (κ2) is 4.49. The van der Waals surface area contributed by atoms with Crippen LogP contribution < -0.4 is 10.5 Å². The van der Waals surface area contributed by atoms with Crippen molar-refractivity contribution in [3.63, 3.8) is 0 Å². The van der Waals surface area contributed by atoms with Gasteiger partial charge in [-0.25, -0.2) is 0 Å². The summed E-state index contributed by atoms with van der Waals surface area (Å²) < 4.78 is 7.30. The Morgan fingerprint density at radius 1 is 1.47 bits per heavy atom. The number of primary amides is 1. The highest BCUT2D eigenvalue weighted by molar-refractivity contribution is 5.89. The normalized spacial score (nSPS) is 10.7. The number of nitrogens with two attached hydrogens (primary N) is 1. The van der Waals surface area contributed by atoms with Gasteiger partial charge in [0.1, 0.15) is 5.75 Å². The summed E-state index contributed by atoms with van der Waals surface area (Å²) in [7, 11) is 1.64. The molecular formula is C13H16N2O2. The van der Waals surface area contributed by atoms with E-state index in [1.165, 1.54) is 0 Å². The Labute approximate surface area is 100.0 Å². The van der Waals surface area contributed by atoms with Crippen LogP contribution in [-0.2, 0) is 17.8 Å². The molecule has 0 aliphatic rings. The van der Waals surface area contributed by atoms with E-state index in [1.54, 1.807) is 7.11 Å². The Morgan fingerprint density at radius 2 is 2.24 bits per heavy atom. The van der Waals surface area contributed by atoms with E-state index in [2.05, 4.69) is 11.5 Å². The average molecular weight is 232 g/mol. The van der Waals surface area contributed by atoms with Crippen LogP contribution in [0, 0.1) is 0 Å². The van der Waals surface area contributed by atoms with E-state index in [0.717, 1.165) is 28.8 Å². The number of fused-ring (bicyclic) bond motifs is 1. The molecule has 90 valence electrons. The van der Waals surface area contributed by atoms with E-state index in [1.807, 2.05) is 24.4 Å². The van der Waals surface area contributed by atoms with Gasteiger partial charge in [-0.3, -0.25) is 4.79 Å². The predicted octanol–water partition coefficient (Wildman–Crippen LogP) is 1.70. The summed E-state index contributed by atoms with van der Waals surface area (Å²) in [6.45, 7) is 2.91. The number of rotatable bonds is 4. The lowest BCUT2D eigenvalue weighted by atomic mass is 10.1. The van der Waals surface area contributed by atoms with Crippen molar-refractivity contribution in [2.45, 2.75) is 19.9 Å². The molecular weight excluding hydrogens is 216 g/mol. The Hall–Kier alpha value is -1.97. The van der Waals surface area contributed by atoms with E-state index in [-0.39, 0.29) is 12.3 Å². The standard InChI is InChI=1S/C13H16N2O2/c1-3-15-8-9(6-13(14)16)11-5-4-10(17-2)7-12(11)15/h4-5,7-8H,3,6H2,1-2H3,(H2,14,16). The zero-order valence-electron chi connectivity index (χ0n) is 10.1. The highest BCUT2D eigenvalue weighted by Gasteiger charge is 2.10. The third-order valence-electron chi connectivity index (χ3n) is 2.88. The number of aryl methyl sites for hydroxylation is 1. The van der Waals surface area contributed by atoms with Crippen LogP contribution in [-0.4, -0.2) is 17.6 Å². The Morgan fingerprint density at radius 3 is 2.82 bits per heavy atom. The molecule has 2 rings (SSSR count). The van der Waals surface area contributed by atoms with Crippen LogP contribution in [0.4, 0.5) is 0 Å². The molecule has 0 atom stereocenters. The number of carbonyl (C=O) groups is 1. The summed E-state index contributed by atoms with van der Waals surface area (Å²) in [5.41, 5.74) is 7.29. The fraction of sp³-hybridized carbons (Fsp3) is 0.308. The summed E-state index contributed by atoms with van der Waals surface area (Å²) in [6.07, 6.45) is 2.25. The molecule has 1 heterocycles. The van der Waals surface area contributed by atoms with Crippen LogP contribution in [0.2, 0.25) is 0 Å². The first-order valence-electron chi connectivity index (χ1n) is 5.59. The lowest BCUT2D eigenvalue weighted by Crippen LogP contribution is -2.13. The van der Waals surface area contributed by atoms with Crippen molar-refractivity contribution < 1.29 is 9.53 Å². The van der Waals surface area contributed by atoms with Gasteiger partial charge in [-0.05, 0) is 24.6 Å². The molecule has 4 heteroatoms. The van der Waals surface area contributed by atoms with Gasteiger partial charge in [0.05, 0.1) is 19.0 Å². The first kappa shape index (κ1) is 11.5. The first-order chi connectivity index (χ1) is 8.15. The number of benzene rings is 1. The fourth-order valence-electron chi connectivity index (χ4n) is 2.06. The SMILES string of the molecule is CCn1cc(CC(N)=O)c2ccc(OC)cc21. The van der Waals surface area contributed by atoms with Crippen molar-refractivity contribution in [1.29, 1.82) is 0 Å². The average Bonchev–Trinajstić information content (AvgIpc) is 2.66. The molecule has 0 radical (unpaired) electrons. The lowest BCUT2D eigenvalue weighted by molar-refractivity contribution is -0.117. The molecule has 0 aliphatic carbocycles. The zero-order chi connectivity index (χ0) is 12.4. The topological polar surface area (TPSA) is 57.2 Å². The molecule has 0 saturated carbocycles. The highest BCUT2D eigenvalue weighted by atomic mass is 16.5. The number of hydrogen-bond acceptors (Lipinski definition) is 2. The molecule has 0 unspecified atom stereocenters. The van der Waals surface area contributed by atoms with E-state index in [4.69, 9.17) is 10.5 Å². The van der Waals surface area contributed by atoms with Crippen LogP contribution >= 0.6 is 0 Å². The number of hydrogen-bond donors (Lipinski definition) is 1. The molecule has 0 spiro atoms. The van der Waals surface area contributed by atoms with Crippen molar-refractivity contribution >= 4 is 16.8 Å². The van der Waals surface area contributed by atoms with Gasteiger partial charge in [-0.15, -0.1) is 0 Å². The van der Waals surface area contributed by atoms with Gasteiger partial charge >= 0.3 is 0 Å². The number of nitrogens with zero attached hydrogens (tertiary/aromatic N) is 1. The molecule has 0 aliphatic heterocycles. The van der Waals surface area contributed by atoms with E-state index < -0.39 is 0 Å². The molecule has 2 aromatic rings. The largest absolute Gasteiger partial charge is 0.497 e. The molecule has 1 amide bonds. The molecule has 0 bridgehead atoms. The summed E-state index contributed by atoms with van der Waals surface area (Å²) >= 11 is 0. The molecule has 4 nitrogen and oxygen atoms in total. The second-order valence-corrected chi connectivity index (χ2v) is 3.97. The van der Waals surface area contributed by atoms with Crippen LogP contribution in [0.5, 0.6) is 5.75 Å². The van der Waals surface area contributed by atoms with Crippen LogP contribution in [0.25, 0.3) is 10.9 Å². The van der Waals surface area contributed by atoms with Crippen LogP contribution in [0.3, 0.4) is 0 Å². The summed E-state index contributed by atoms with van der Waals surface area (Å²) in [5.74, 6) is 0.506. The third kappa shape index (κ3) is 2.11. The van der Waals surface area contributed by atoms with Gasteiger partial charge < -0.3 is 15.0 Å². The lowest BCUT2D eigenvalue weighted by Gasteiger charge is -2.03. The van der Waals surface area contributed by atoms with Gasteiger partial charge in [-0.2, -0.15) is 0 Å². The highest BCUT2D eigenvalue weighted by Crippen LogP contribution is 2.26. The minimum atomic E-state index is -0.309. The van der Waals surface area contributed by atoms with Crippen LogP contribution in [0.15, 0.2) is 24.4 Å². The number of methoxy groups -OCH3 is 1. The minimum Gasteiger partial charge on any atom is -0.497 e. The number of carbonyl (C=O) groups excluding carboxylic acids is 1. The van der Waals surface area contributed by atoms with Crippen molar-refractivity contribution in [1.82, 2.24) is 4.57 Å². The van der Waals surface area contributed by atoms with Gasteiger partial charge in [0.15, 0.2) is 0 Å². The Kier molecular flexibility index (Phi) is 3.04. The molecule has 0 fully saturated rings. The maximum atomic E-state index is 11.0. The van der Waals surface area contributed by atoms with Crippen molar-refractivity contribution in [3.05, 3.63) is 30.0 Å². The van der Waals surface area contributed by atoms with Gasteiger partial charge in [0, 0.05) is 24.2 Å². The molecule has 1 aromatic carbocycles. The quantitative estimate of drug-likeness (QED) is 0.872. The third-order valence-corrected chi connectivity index (χ3v) is 2.88. The van der Waals surface area contributed by atoms with Crippen molar-refractivity contribution in [2.24, 2.45) is 5.73 Å². The Balaban J connectivity index is 2.59. The summed E-state index contributed by atoms with van der Waals surface area (Å²) in [5, 5.41) is 1.06. The van der Waals surface area contributed by atoms with E-state index in [0.29, 0.717) is 0 Å². The summed E-state index contributed by atoms with van der Waals surface area (Å²) in [4.78, 5) is 11.0. The maximum absolute atomic E-state index is 11.0. The van der Waals surface area contributed by atoms with E-state index in [9.17, 15) is 4.79 Å². The molecule has 2 N–H and O–H groups in total. The van der Waals surface area contributed by atoms with Gasteiger partial charge in [-0.1, -0.05) is 0 Å². The fourth-order valence-corrected chi connectivity index (χ4v) is 2.06. The minimum absolute atomic E-state index is 0.274. The predicted molar refractivity (Wildman–Crippen MR) is 67.1 cm³/mol. The van der Waals surface area contributed by atoms with Crippen molar-refractivity contribution in [3.8, 4) is 5.75 Å². The number of ether oxygens (including phenoxy) is 1. The number of aromatic nitrogens is 1. The van der Waals surface area contributed by atoms with Crippen molar-refractivity contribution in [2.75, 3.05) is 7.11 Å². The van der Waals surface area contributed by atoms with Gasteiger partial charge in [0.2, 0.25) is 5.91 Å². The molecule has 1 aromatic heterocycles. The smallest absolute Gasteiger partial charge is 0.221 e.